The van der Waals surface area contributed by atoms with E-state index in [-0.39, 0.29) is 18.1 Å². The molecular weight excluding hydrogens is 326 g/mol. The van der Waals surface area contributed by atoms with Crippen molar-refractivity contribution in [1.82, 2.24) is 15.1 Å². The number of aryl methyl sites for hydroxylation is 2. The highest BCUT2D eigenvalue weighted by Crippen LogP contribution is 2.17. The molecule has 7 heteroatoms. The number of hydrogen-bond donors (Lipinski definition) is 1. The fourth-order valence-corrected chi connectivity index (χ4v) is 3.57. The van der Waals surface area contributed by atoms with Gasteiger partial charge in [0.05, 0.1) is 23.9 Å². The summed E-state index contributed by atoms with van der Waals surface area (Å²) in [5.41, 5.74) is 3.39. The summed E-state index contributed by atoms with van der Waals surface area (Å²) in [7, 11) is -1.40. The monoisotopic (exact) mass is 349 g/mol. The number of carbonyl (C=O) groups is 1. The standard InChI is InChI=1S/C17H23N3O3S/c1-12-15(13(2)20(3)19-12)10-17(21)18-16(11-24(4,22)23)14-8-6-5-7-9-14/h5-9,16H,10-11H2,1-4H3,(H,18,21). The van der Waals surface area contributed by atoms with Crippen molar-refractivity contribution >= 4 is 15.7 Å². The molecule has 1 unspecified atom stereocenters. The van der Waals surface area contributed by atoms with Crippen molar-refractivity contribution in [2.45, 2.75) is 26.3 Å². The lowest BCUT2D eigenvalue weighted by Crippen LogP contribution is -2.34. The van der Waals surface area contributed by atoms with Crippen LogP contribution in [0, 0.1) is 13.8 Å². The van der Waals surface area contributed by atoms with Crippen LogP contribution in [0.4, 0.5) is 0 Å². The molecule has 0 aliphatic carbocycles. The SMILES string of the molecule is Cc1nn(C)c(C)c1CC(=O)NC(CS(C)(=O)=O)c1ccccc1. The van der Waals surface area contributed by atoms with Gasteiger partial charge in [0, 0.05) is 24.6 Å². The molecule has 0 spiro atoms. The number of aromatic nitrogens is 2. The van der Waals surface area contributed by atoms with Gasteiger partial charge in [-0.25, -0.2) is 8.42 Å². The minimum Gasteiger partial charge on any atom is -0.348 e. The van der Waals surface area contributed by atoms with Gasteiger partial charge in [0.15, 0.2) is 0 Å². The molecule has 0 aliphatic heterocycles. The second kappa shape index (κ2) is 7.17. The van der Waals surface area contributed by atoms with Crippen LogP contribution in [0.1, 0.15) is 28.6 Å². The molecule has 0 aliphatic rings. The molecule has 2 aromatic rings. The maximum atomic E-state index is 12.5. The summed E-state index contributed by atoms with van der Waals surface area (Å²) < 4.78 is 25.1. The van der Waals surface area contributed by atoms with E-state index in [1.807, 2.05) is 51.2 Å². The van der Waals surface area contributed by atoms with Crippen LogP contribution in [0.5, 0.6) is 0 Å². The van der Waals surface area contributed by atoms with Gasteiger partial charge in [0.25, 0.3) is 0 Å². The van der Waals surface area contributed by atoms with Crippen LogP contribution in [0.2, 0.25) is 0 Å². The van der Waals surface area contributed by atoms with Crippen molar-refractivity contribution in [2.75, 3.05) is 12.0 Å². The number of nitrogens with one attached hydrogen (secondary N) is 1. The number of benzene rings is 1. The summed E-state index contributed by atoms with van der Waals surface area (Å²) >= 11 is 0. The molecule has 1 amide bonds. The summed E-state index contributed by atoms with van der Waals surface area (Å²) in [6.07, 6.45) is 1.35. The highest BCUT2D eigenvalue weighted by atomic mass is 32.2. The first-order chi connectivity index (χ1) is 11.2. The fourth-order valence-electron chi connectivity index (χ4n) is 2.69. The first-order valence-corrected chi connectivity index (χ1v) is 9.74. The minimum atomic E-state index is -3.23. The van der Waals surface area contributed by atoms with Crippen molar-refractivity contribution in [1.29, 1.82) is 0 Å². The van der Waals surface area contributed by atoms with Gasteiger partial charge in [-0.15, -0.1) is 0 Å². The Bertz CT molecular complexity index is 826. The first kappa shape index (κ1) is 18.2. The van der Waals surface area contributed by atoms with Gasteiger partial charge in [-0.3, -0.25) is 9.48 Å². The zero-order chi connectivity index (χ0) is 17.9. The van der Waals surface area contributed by atoms with Gasteiger partial charge >= 0.3 is 0 Å². The van der Waals surface area contributed by atoms with Crippen LogP contribution in [0.25, 0.3) is 0 Å². The van der Waals surface area contributed by atoms with Gasteiger partial charge in [-0.05, 0) is 19.4 Å². The first-order valence-electron chi connectivity index (χ1n) is 7.68. The molecule has 2 rings (SSSR count). The lowest BCUT2D eigenvalue weighted by atomic mass is 10.1. The third-order valence-electron chi connectivity index (χ3n) is 4.00. The van der Waals surface area contributed by atoms with Gasteiger partial charge < -0.3 is 5.32 Å². The van der Waals surface area contributed by atoms with Crippen molar-refractivity contribution in [3.05, 3.63) is 52.8 Å². The molecule has 0 saturated carbocycles. The molecule has 6 nitrogen and oxygen atoms in total. The zero-order valence-electron chi connectivity index (χ0n) is 14.4. The molecule has 0 radical (unpaired) electrons. The fraction of sp³-hybridized carbons (Fsp3) is 0.412. The van der Waals surface area contributed by atoms with Crippen LogP contribution in [0.3, 0.4) is 0 Å². The van der Waals surface area contributed by atoms with E-state index in [9.17, 15) is 13.2 Å². The van der Waals surface area contributed by atoms with E-state index >= 15 is 0 Å². The highest BCUT2D eigenvalue weighted by Gasteiger charge is 2.21. The normalized spacial score (nSPS) is 12.8. The molecule has 24 heavy (non-hydrogen) atoms. The lowest BCUT2D eigenvalue weighted by Gasteiger charge is -2.18. The number of hydrogen-bond acceptors (Lipinski definition) is 4. The van der Waals surface area contributed by atoms with Crippen LogP contribution in [-0.2, 0) is 28.1 Å². The quantitative estimate of drug-likeness (QED) is 0.856. The number of sulfone groups is 1. The maximum Gasteiger partial charge on any atom is 0.225 e. The second-order valence-electron chi connectivity index (χ2n) is 6.07. The van der Waals surface area contributed by atoms with Crippen LogP contribution in [0.15, 0.2) is 30.3 Å². The van der Waals surface area contributed by atoms with E-state index < -0.39 is 15.9 Å². The lowest BCUT2D eigenvalue weighted by molar-refractivity contribution is -0.121. The topological polar surface area (TPSA) is 81.1 Å². The van der Waals surface area contributed by atoms with Gasteiger partial charge in [-0.2, -0.15) is 5.10 Å². The molecule has 130 valence electrons. The summed E-state index contributed by atoms with van der Waals surface area (Å²) in [5.74, 6) is -0.347. The Morgan fingerprint density at radius 3 is 2.38 bits per heavy atom. The number of carbonyl (C=O) groups excluding carboxylic acids is 1. The largest absolute Gasteiger partial charge is 0.348 e. The Morgan fingerprint density at radius 2 is 1.88 bits per heavy atom. The van der Waals surface area contributed by atoms with E-state index in [1.165, 1.54) is 6.26 Å². The van der Waals surface area contributed by atoms with Crippen LogP contribution < -0.4 is 5.32 Å². The third kappa shape index (κ3) is 4.67. The Morgan fingerprint density at radius 1 is 1.25 bits per heavy atom. The van der Waals surface area contributed by atoms with E-state index in [0.29, 0.717) is 0 Å². The van der Waals surface area contributed by atoms with Crippen molar-refractivity contribution in [3.8, 4) is 0 Å². The maximum absolute atomic E-state index is 12.5. The smallest absolute Gasteiger partial charge is 0.225 e. The number of rotatable bonds is 6. The minimum absolute atomic E-state index is 0.131. The Hall–Kier alpha value is -2.15. The van der Waals surface area contributed by atoms with Gasteiger partial charge in [0.1, 0.15) is 9.84 Å². The zero-order valence-corrected chi connectivity index (χ0v) is 15.2. The molecule has 1 atom stereocenters. The Kier molecular flexibility index (Phi) is 5.43. The predicted octanol–water partition coefficient (Wildman–Crippen LogP) is 1.48. The molecule has 0 saturated heterocycles. The number of nitrogens with zero attached hydrogens (tertiary/aromatic N) is 2. The van der Waals surface area contributed by atoms with E-state index in [1.54, 1.807) is 4.68 Å². The number of amides is 1. The van der Waals surface area contributed by atoms with Crippen LogP contribution >= 0.6 is 0 Å². The molecule has 1 aromatic carbocycles. The van der Waals surface area contributed by atoms with Crippen molar-refractivity contribution in [3.63, 3.8) is 0 Å². The second-order valence-corrected chi connectivity index (χ2v) is 8.26. The van der Waals surface area contributed by atoms with Gasteiger partial charge in [0.2, 0.25) is 5.91 Å². The van der Waals surface area contributed by atoms with E-state index in [2.05, 4.69) is 10.4 Å². The Balaban J connectivity index is 2.18. The predicted molar refractivity (Wildman–Crippen MR) is 93.4 cm³/mol. The van der Waals surface area contributed by atoms with Crippen molar-refractivity contribution in [2.24, 2.45) is 7.05 Å². The molecule has 1 heterocycles. The van der Waals surface area contributed by atoms with E-state index in [0.717, 1.165) is 22.5 Å². The van der Waals surface area contributed by atoms with Crippen LogP contribution in [-0.4, -0.2) is 36.1 Å². The summed E-state index contributed by atoms with van der Waals surface area (Å²) in [5, 5.41) is 7.15. The Labute approximate surface area is 142 Å². The molecular formula is C17H23N3O3S. The average Bonchev–Trinajstić information content (AvgIpc) is 2.72. The molecule has 1 aromatic heterocycles. The molecule has 1 N–H and O–H groups in total. The molecule has 0 bridgehead atoms. The van der Waals surface area contributed by atoms with Gasteiger partial charge in [-0.1, -0.05) is 30.3 Å². The summed E-state index contributed by atoms with van der Waals surface area (Å²) in [6.45, 7) is 3.77. The van der Waals surface area contributed by atoms with E-state index in [4.69, 9.17) is 0 Å². The summed E-state index contributed by atoms with van der Waals surface area (Å²) in [4.78, 5) is 12.5. The third-order valence-corrected chi connectivity index (χ3v) is 4.94. The molecule has 0 fully saturated rings. The summed E-state index contributed by atoms with van der Waals surface area (Å²) in [6, 6.07) is 8.57. The highest BCUT2D eigenvalue weighted by molar-refractivity contribution is 7.90. The van der Waals surface area contributed by atoms with Crippen molar-refractivity contribution < 1.29 is 13.2 Å². The average molecular weight is 349 g/mol.